The van der Waals surface area contributed by atoms with Gasteiger partial charge in [0.05, 0.1) is 7.11 Å². The van der Waals surface area contributed by atoms with Crippen LogP contribution >= 0.6 is 0 Å². The Bertz CT molecular complexity index is 1240. The highest BCUT2D eigenvalue weighted by Gasteiger charge is 2.11. The number of aryl methyl sites for hydroxylation is 4. The lowest BCUT2D eigenvalue weighted by Crippen LogP contribution is -1.98. The summed E-state index contributed by atoms with van der Waals surface area (Å²) in [5.74, 6) is 0.991. The van der Waals surface area contributed by atoms with Crippen molar-refractivity contribution in [2.75, 3.05) is 7.11 Å². The Hall–Kier alpha value is -3.00. The van der Waals surface area contributed by atoms with Gasteiger partial charge in [0.2, 0.25) is 0 Å². The number of unbranched alkanes of at least 4 members (excludes halogenated alkanes) is 3. The average molecular weight is 454 g/mol. The van der Waals surface area contributed by atoms with Gasteiger partial charge in [-0.25, -0.2) is 0 Å². The molecule has 0 saturated heterocycles. The van der Waals surface area contributed by atoms with Gasteiger partial charge in [-0.3, -0.25) is 0 Å². The quantitative estimate of drug-likeness (QED) is 0.155. The average Bonchev–Trinajstić information content (AvgIpc) is 3.17. The van der Waals surface area contributed by atoms with Crippen molar-refractivity contribution >= 4 is 21.8 Å². The number of aromatic nitrogens is 1. The predicted octanol–water partition coefficient (Wildman–Crippen LogP) is 8.68. The van der Waals surface area contributed by atoms with Crippen molar-refractivity contribution in [1.29, 1.82) is 0 Å². The van der Waals surface area contributed by atoms with Gasteiger partial charge in [0, 0.05) is 28.4 Å². The molecule has 0 unspecified atom stereocenters. The largest absolute Gasteiger partial charge is 0.497 e. The Labute approximate surface area is 205 Å². The Kier molecular flexibility index (Phi) is 8.11. The molecule has 1 heterocycles. The summed E-state index contributed by atoms with van der Waals surface area (Å²) in [6.07, 6.45) is 9.41. The van der Waals surface area contributed by atoms with Gasteiger partial charge in [-0.15, -0.1) is 6.58 Å². The van der Waals surface area contributed by atoms with Crippen LogP contribution in [0.1, 0.15) is 62.6 Å². The van der Waals surface area contributed by atoms with E-state index in [0.717, 1.165) is 38.0 Å². The van der Waals surface area contributed by atoms with Crippen LogP contribution in [-0.2, 0) is 25.8 Å². The van der Waals surface area contributed by atoms with Crippen LogP contribution in [-0.4, -0.2) is 11.7 Å². The molecule has 4 rings (SSSR count). The lowest BCUT2D eigenvalue weighted by atomic mass is 10.0. The summed E-state index contributed by atoms with van der Waals surface area (Å²) in [4.78, 5) is 0. The molecule has 0 saturated carbocycles. The van der Waals surface area contributed by atoms with Crippen LogP contribution in [0.3, 0.4) is 0 Å². The third kappa shape index (κ3) is 5.73. The minimum absolute atomic E-state index is 0.991. The fraction of sp³-hybridized carbons (Fsp3) is 0.375. The fourth-order valence-electron chi connectivity index (χ4n) is 5.00. The molecule has 1 aromatic heterocycles. The van der Waals surface area contributed by atoms with E-state index < -0.39 is 0 Å². The van der Waals surface area contributed by atoms with E-state index in [0.29, 0.717) is 0 Å². The molecule has 0 aliphatic heterocycles. The first-order valence-corrected chi connectivity index (χ1v) is 12.9. The molecule has 0 bridgehead atoms. The van der Waals surface area contributed by atoms with Crippen molar-refractivity contribution in [2.45, 2.75) is 71.8 Å². The molecule has 3 aromatic carbocycles. The van der Waals surface area contributed by atoms with Gasteiger partial charge in [0.25, 0.3) is 0 Å². The molecule has 34 heavy (non-hydrogen) atoms. The zero-order valence-electron chi connectivity index (χ0n) is 21.2. The summed E-state index contributed by atoms with van der Waals surface area (Å²) in [7, 11) is 1.76. The first kappa shape index (κ1) is 24.1. The molecule has 2 heteroatoms. The number of rotatable bonds is 12. The van der Waals surface area contributed by atoms with E-state index in [4.69, 9.17) is 4.74 Å². The SMILES string of the molecule is C=C(C)CCn1c2ccccc2c2ccc(CCCCCCc3cc(CC)cc(OC)c3)cc21. The second kappa shape index (κ2) is 11.4. The third-order valence-corrected chi connectivity index (χ3v) is 6.95. The Morgan fingerprint density at radius 1 is 0.794 bits per heavy atom. The van der Waals surface area contributed by atoms with Crippen molar-refractivity contribution in [3.05, 3.63) is 89.5 Å². The van der Waals surface area contributed by atoms with Crippen LogP contribution in [0, 0.1) is 0 Å². The van der Waals surface area contributed by atoms with Crippen LogP contribution in [0.15, 0.2) is 72.8 Å². The van der Waals surface area contributed by atoms with E-state index in [2.05, 4.69) is 85.7 Å². The number of nitrogens with zero attached hydrogens (tertiary/aromatic N) is 1. The van der Waals surface area contributed by atoms with E-state index in [1.54, 1.807) is 7.11 Å². The Balaban J connectivity index is 1.35. The van der Waals surface area contributed by atoms with E-state index >= 15 is 0 Å². The first-order chi connectivity index (χ1) is 16.6. The van der Waals surface area contributed by atoms with Crippen LogP contribution in [0.5, 0.6) is 5.75 Å². The number of fused-ring (bicyclic) bond motifs is 3. The molecule has 0 spiro atoms. The molecular weight excluding hydrogens is 414 g/mol. The topological polar surface area (TPSA) is 14.2 Å². The van der Waals surface area contributed by atoms with Crippen LogP contribution < -0.4 is 4.74 Å². The molecule has 0 amide bonds. The monoisotopic (exact) mass is 453 g/mol. The molecule has 0 atom stereocenters. The molecule has 0 N–H and O–H groups in total. The molecule has 0 radical (unpaired) electrons. The van der Waals surface area contributed by atoms with Crippen LogP contribution in [0.2, 0.25) is 0 Å². The second-order valence-corrected chi connectivity index (χ2v) is 9.68. The van der Waals surface area contributed by atoms with Crippen LogP contribution in [0.4, 0.5) is 0 Å². The summed E-state index contributed by atoms with van der Waals surface area (Å²) in [5.41, 5.74) is 8.16. The van der Waals surface area contributed by atoms with Gasteiger partial charge in [0.15, 0.2) is 0 Å². The first-order valence-electron chi connectivity index (χ1n) is 12.9. The summed E-state index contributed by atoms with van der Waals surface area (Å²) in [6, 6.07) is 22.6. The zero-order chi connectivity index (χ0) is 23.9. The van der Waals surface area contributed by atoms with Gasteiger partial charge in [-0.05, 0) is 86.4 Å². The summed E-state index contributed by atoms with van der Waals surface area (Å²) in [5, 5.41) is 2.72. The normalized spacial score (nSPS) is 11.4. The fourth-order valence-corrected chi connectivity index (χ4v) is 5.00. The molecule has 0 aliphatic carbocycles. The molecule has 4 aromatic rings. The number of hydrogen-bond donors (Lipinski definition) is 0. The Morgan fingerprint density at radius 2 is 1.50 bits per heavy atom. The summed E-state index contributed by atoms with van der Waals surface area (Å²) < 4.78 is 7.96. The van der Waals surface area contributed by atoms with Gasteiger partial charge in [-0.2, -0.15) is 0 Å². The maximum atomic E-state index is 5.47. The maximum absolute atomic E-state index is 5.47. The van der Waals surface area contributed by atoms with E-state index in [-0.39, 0.29) is 0 Å². The highest BCUT2D eigenvalue weighted by Crippen LogP contribution is 2.30. The lowest BCUT2D eigenvalue weighted by molar-refractivity contribution is 0.413. The highest BCUT2D eigenvalue weighted by atomic mass is 16.5. The maximum Gasteiger partial charge on any atom is 0.119 e. The lowest BCUT2D eigenvalue weighted by Gasteiger charge is -2.09. The van der Waals surface area contributed by atoms with E-state index in [9.17, 15) is 0 Å². The van der Waals surface area contributed by atoms with Gasteiger partial charge in [0.1, 0.15) is 5.75 Å². The molecule has 178 valence electrons. The van der Waals surface area contributed by atoms with Gasteiger partial charge < -0.3 is 9.30 Å². The predicted molar refractivity (Wildman–Crippen MR) is 147 cm³/mol. The number of benzene rings is 3. The Morgan fingerprint density at radius 3 is 2.24 bits per heavy atom. The highest BCUT2D eigenvalue weighted by molar-refractivity contribution is 6.08. The van der Waals surface area contributed by atoms with Gasteiger partial charge in [-0.1, -0.05) is 61.7 Å². The number of para-hydroxylation sites is 1. The standard InChI is InChI=1S/C32H39NO/c1-5-25-20-27(22-28(21-25)34-4)13-9-7-6-8-12-26-16-17-30-29-14-10-11-15-31(29)33(32(30)23-26)19-18-24(2)3/h10-11,14-17,20-23H,2,5-9,12-13,18-19H2,1,3-4H3. The van der Waals surface area contributed by atoms with Crippen LogP contribution in [0.25, 0.3) is 21.8 Å². The molecule has 0 aliphatic rings. The number of ether oxygens (including phenoxy) is 1. The summed E-state index contributed by atoms with van der Waals surface area (Å²) in [6.45, 7) is 9.43. The number of methoxy groups -OCH3 is 1. The van der Waals surface area contributed by atoms with Crippen molar-refractivity contribution in [1.82, 2.24) is 4.57 Å². The van der Waals surface area contributed by atoms with Crippen molar-refractivity contribution in [2.24, 2.45) is 0 Å². The minimum atomic E-state index is 0.991. The molecule has 2 nitrogen and oxygen atoms in total. The van der Waals surface area contributed by atoms with E-state index in [1.165, 1.54) is 69.8 Å². The minimum Gasteiger partial charge on any atom is -0.497 e. The summed E-state index contributed by atoms with van der Waals surface area (Å²) >= 11 is 0. The smallest absolute Gasteiger partial charge is 0.119 e. The van der Waals surface area contributed by atoms with Crippen molar-refractivity contribution in [3.8, 4) is 5.75 Å². The van der Waals surface area contributed by atoms with E-state index in [1.807, 2.05) is 0 Å². The molecule has 0 fully saturated rings. The molecular formula is C32H39NO. The second-order valence-electron chi connectivity index (χ2n) is 9.68. The van der Waals surface area contributed by atoms with Crippen molar-refractivity contribution in [3.63, 3.8) is 0 Å². The zero-order valence-corrected chi connectivity index (χ0v) is 21.2. The number of hydrogen-bond acceptors (Lipinski definition) is 1. The number of allylic oxidation sites excluding steroid dienone is 1. The van der Waals surface area contributed by atoms with Gasteiger partial charge >= 0.3 is 0 Å². The van der Waals surface area contributed by atoms with Crippen molar-refractivity contribution < 1.29 is 4.74 Å². The third-order valence-electron chi connectivity index (χ3n) is 6.95.